The molecule has 2 aromatic carbocycles. The maximum atomic E-state index is 12.9. The fourth-order valence-electron chi connectivity index (χ4n) is 2.57. The van der Waals surface area contributed by atoms with Crippen LogP contribution in [0.1, 0.15) is 37.6 Å². The van der Waals surface area contributed by atoms with Crippen molar-refractivity contribution in [1.82, 2.24) is 5.32 Å². The van der Waals surface area contributed by atoms with E-state index in [1.165, 1.54) is 16.4 Å². The van der Waals surface area contributed by atoms with Crippen molar-refractivity contribution in [2.75, 3.05) is 17.4 Å². The summed E-state index contributed by atoms with van der Waals surface area (Å²) in [7, 11) is -3.67. The van der Waals surface area contributed by atoms with E-state index in [2.05, 4.69) is 19.2 Å². The molecule has 0 aliphatic heterocycles. The first kappa shape index (κ1) is 20.0. The zero-order chi connectivity index (χ0) is 19.2. The minimum Gasteiger partial charge on any atom is -0.352 e. The molecule has 1 amide bonds. The highest BCUT2D eigenvalue weighted by atomic mass is 32.2. The number of nitrogens with zero attached hydrogens (tertiary/aromatic N) is 1. The van der Waals surface area contributed by atoms with E-state index >= 15 is 0 Å². The van der Waals surface area contributed by atoms with Crippen LogP contribution in [-0.4, -0.2) is 27.4 Å². The van der Waals surface area contributed by atoms with Crippen LogP contribution >= 0.6 is 0 Å². The van der Waals surface area contributed by atoms with Gasteiger partial charge in [0.15, 0.2) is 0 Å². The van der Waals surface area contributed by atoms with Crippen molar-refractivity contribution < 1.29 is 13.2 Å². The molecule has 0 unspecified atom stereocenters. The normalized spacial score (nSPS) is 11.4. The maximum Gasteiger partial charge on any atom is 0.264 e. The van der Waals surface area contributed by atoms with Crippen molar-refractivity contribution in [1.29, 1.82) is 0 Å². The molecule has 6 heteroatoms. The van der Waals surface area contributed by atoms with E-state index in [1.807, 2.05) is 6.07 Å². The number of sulfonamides is 1. The van der Waals surface area contributed by atoms with Crippen LogP contribution < -0.4 is 9.62 Å². The van der Waals surface area contributed by atoms with E-state index in [1.54, 1.807) is 43.3 Å². The summed E-state index contributed by atoms with van der Waals surface area (Å²) in [5, 5.41) is 2.85. The molecule has 2 aromatic rings. The first-order chi connectivity index (χ1) is 12.4. The molecule has 0 bridgehead atoms. The highest BCUT2D eigenvalue weighted by molar-refractivity contribution is 7.92. The first-order valence-corrected chi connectivity index (χ1v) is 10.3. The number of carbonyl (C=O) groups excluding carboxylic acids is 1. The van der Waals surface area contributed by atoms with Crippen LogP contribution in [0.4, 0.5) is 5.69 Å². The van der Waals surface area contributed by atoms with Crippen molar-refractivity contribution in [2.24, 2.45) is 5.92 Å². The van der Waals surface area contributed by atoms with Gasteiger partial charge in [-0.05, 0) is 55.7 Å². The summed E-state index contributed by atoms with van der Waals surface area (Å²) in [5.74, 6) is 0.325. The van der Waals surface area contributed by atoms with Gasteiger partial charge in [-0.3, -0.25) is 9.10 Å². The highest BCUT2D eigenvalue weighted by Crippen LogP contribution is 2.23. The Kier molecular flexibility index (Phi) is 6.80. The largest absolute Gasteiger partial charge is 0.352 e. The minimum absolute atomic E-state index is 0.168. The van der Waals surface area contributed by atoms with Crippen molar-refractivity contribution >= 4 is 21.6 Å². The van der Waals surface area contributed by atoms with Gasteiger partial charge >= 0.3 is 0 Å². The lowest BCUT2D eigenvalue weighted by atomic mass is 10.1. The number of nitrogens with one attached hydrogen (secondary N) is 1. The van der Waals surface area contributed by atoms with Crippen LogP contribution in [0.2, 0.25) is 0 Å². The molecule has 1 N–H and O–H groups in total. The Balaban J connectivity index is 2.17. The van der Waals surface area contributed by atoms with Gasteiger partial charge in [0.25, 0.3) is 15.9 Å². The summed E-state index contributed by atoms with van der Waals surface area (Å²) in [6.45, 7) is 6.91. The third-order valence-corrected chi connectivity index (χ3v) is 5.96. The Bertz CT molecular complexity index is 816. The second-order valence-corrected chi connectivity index (χ2v) is 8.33. The van der Waals surface area contributed by atoms with Crippen LogP contribution in [0.5, 0.6) is 0 Å². The molecule has 0 atom stereocenters. The number of rotatable bonds is 8. The lowest BCUT2D eigenvalue weighted by Gasteiger charge is -2.23. The second kappa shape index (κ2) is 8.85. The molecule has 0 aliphatic carbocycles. The van der Waals surface area contributed by atoms with Crippen LogP contribution in [-0.2, 0) is 10.0 Å². The molecule has 140 valence electrons. The summed E-state index contributed by atoms with van der Waals surface area (Å²) in [6, 6.07) is 15.0. The van der Waals surface area contributed by atoms with E-state index in [4.69, 9.17) is 0 Å². The van der Waals surface area contributed by atoms with Gasteiger partial charge in [0, 0.05) is 18.7 Å². The topological polar surface area (TPSA) is 66.5 Å². The number of carbonyl (C=O) groups is 1. The van der Waals surface area contributed by atoms with Crippen molar-refractivity contribution in [3.63, 3.8) is 0 Å². The van der Waals surface area contributed by atoms with Crippen LogP contribution in [0.3, 0.4) is 0 Å². The van der Waals surface area contributed by atoms with E-state index in [9.17, 15) is 13.2 Å². The first-order valence-electron chi connectivity index (χ1n) is 8.82. The molecule has 26 heavy (non-hydrogen) atoms. The third kappa shape index (κ3) is 4.85. The van der Waals surface area contributed by atoms with Gasteiger partial charge in [-0.15, -0.1) is 0 Å². The van der Waals surface area contributed by atoms with Gasteiger partial charge in [0.05, 0.1) is 10.6 Å². The van der Waals surface area contributed by atoms with E-state index < -0.39 is 10.0 Å². The lowest BCUT2D eigenvalue weighted by molar-refractivity contribution is 0.0952. The van der Waals surface area contributed by atoms with Crippen LogP contribution in [0, 0.1) is 5.92 Å². The number of benzene rings is 2. The summed E-state index contributed by atoms with van der Waals surface area (Å²) < 4.78 is 27.2. The molecule has 5 nitrogen and oxygen atoms in total. The Morgan fingerprint density at radius 1 is 1.04 bits per heavy atom. The summed E-state index contributed by atoms with van der Waals surface area (Å²) in [4.78, 5) is 12.3. The number of hydrogen-bond donors (Lipinski definition) is 1. The molecule has 0 saturated carbocycles. The quantitative estimate of drug-likeness (QED) is 0.766. The molecule has 0 radical (unpaired) electrons. The highest BCUT2D eigenvalue weighted by Gasteiger charge is 2.23. The average Bonchev–Trinajstić information content (AvgIpc) is 2.62. The molecule has 0 spiro atoms. The monoisotopic (exact) mass is 374 g/mol. The second-order valence-electron chi connectivity index (χ2n) is 6.47. The smallest absolute Gasteiger partial charge is 0.264 e. The predicted molar refractivity (Wildman–Crippen MR) is 105 cm³/mol. The molecule has 0 aromatic heterocycles. The molecule has 0 fully saturated rings. The summed E-state index contributed by atoms with van der Waals surface area (Å²) in [5.41, 5.74) is 1.07. The SMILES string of the molecule is CCN(c1ccccc1)S(=O)(=O)c1ccc(C(=O)NCCC(C)C)cc1. The Labute approximate surface area is 156 Å². The Morgan fingerprint density at radius 2 is 1.65 bits per heavy atom. The molecule has 2 rings (SSSR count). The van der Waals surface area contributed by atoms with Crippen LogP contribution in [0.15, 0.2) is 59.5 Å². The van der Waals surface area contributed by atoms with E-state index in [0.717, 1.165) is 6.42 Å². The fourth-order valence-corrected chi connectivity index (χ4v) is 4.04. The third-order valence-electron chi connectivity index (χ3n) is 4.04. The molecular formula is C20H26N2O3S. The van der Waals surface area contributed by atoms with Gasteiger partial charge < -0.3 is 5.32 Å². The van der Waals surface area contributed by atoms with Gasteiger partial charge in [-0.25, -0.2) is 8.42 Å². The molecule has 0 heterocycles. The standard InChI is InChI=1S/C20H26N2O3S/c1-4-22(18-8-6-5-7-9-18)26(24,25)19-12-10-17(11-13-19)20(23)21-15-14-16(2)3/h5-13,16H,4,14-15H2,1-3H3,(H,21,23). The average molecular weight is 375 g/mol. The van der Waals surface area contributed by atoms with Crippen LogP contribution in [0.25, 0.3) is 0 Å². The zero-order valence-electron chi connectivity index (χ0n) is 15.5. The van der Waals surface area contributed by atoms with Crippen molar-refractivity contribution in [2.45, 2.75) is 32.1 Å². The van der Waals surface area contributed by atoms with Crippen molar-refractivity contribution in [3.05, 3.63) is 60.2 Å². The zero-order valence-corrected chi connectivity index (χ0v) is 16.3. The molecule has 0 saturated heterocycles. The number of anilines is 1. The van der Waals surface area contributed by atoms with Gasteiger partial charge in [-0.2, -0.15) is 0 Å². The summed E-state index contributed by atoms with van der Waals surface area (Å²) >= 11 is 0. The van der Waals surface area contributed by atoms with Crippen molar-refractivity contribution in [3.8, 4) is 0 Å². The van der Waals surface area contributed by atoms with Gasteiger partial charge in [0.2, 0.25) is 0 Å². The minimum atomic E-state index is -3.67. The number of hydrogen-bond acceptors (Lipinski definition) is 3. The Morgan fingerprint density at radius 3 is 2.19 bits per heavy atom. The van der Waals surface area contributed by atoms with Gasteiger partial charge in [-0.1, -0.05) is 32.0 Å². The maximum absolute atomic E-state index is 12.9. The molecule has 0 aliphatic rings. The molecular weight excluding hydrogens is 348 g/mol. The number of para-hydroxylation sites is 1. The lowest BCUT2D eigenvalue weighted by Crippen LogP contribution is -2.31. The van der Waals surface area contributed by atoms with Gasteiger partial charge in [0.1, 0.15) is 0 Å². The van der Waals surface area contributed by atoms with E-state index in [-0.39, 0.29) is 10.8 Å². The Hall–Kier alpha value is -2.34. The van der Waals surface area contributed by atoms with E-state index in [0.29, 0.717) is 30.3 Å². The fraction of sp³-hybridized carbons (Fsp3) is 0.350. The summed E-state index contributed by atoms with van der Waals surface area (Å²) in [6.07, 6.45) is 0.904. The predicted octanol–water partition coefficient (Wildman–Crippen LogP) is 3.68. The number of amides is 1.